The number of aromatic nitrogens is 2. The topological polar surface area (TPSA) is 77.4 Å². The van der Waals surface area contributed by atoms with Crippen LogP contribution in [0.3, 0.4) is 0 Å². The molecule has 5 nitrogen and oxygen atoms in total. The lowest BCUT2D eigenvalue weighted by Crippen LogP contribution is -2.17. The largest absolute Gasteiger partial charge is 0.310 e. The van der Waals surface area contributed by atoms with Gasteiger partial charge in [-0.05, 0) is 30.5 Å². The summed E-state index contributed by atoms with van der Waals surface area (Å²) in [5.74, 6) is 0. The van der Waals surface area contributed by atoms with Crippen molar-refractivity contribution < 1.29 is 0 Å². The summed E-state index contributed by atoms with van der Waals surface area (Å²) in [6.07, 6.45) is 3.97. The van der Waals surface area contributed by atoms with Gasteiger partial charge in [-0.1, -0.05) is 22.0 Å². The molecular formula is C15H12BrN5. The summed E-state index contributed by atoms with van der Waals surface area (Å²) in [5, 5.41) is 21.8. The second-order valence-corrected chi connectivity index (χ2v) is 5.88. The van der Waals surface area contributed by atoms with Crippen molar-refractivity contribution in [2.75, 3.05) is 0 Å². The Hall–Kier alpha value is -2.15. The van der Waals surface area contributed by atoms with E-state index in [-0.39, 0.29) is 11.4 Å². The maximum Gasteiger partial charge on any atom is 0.177 e. The van der Waals surface area contributed by atoms with E-state index in [0.29, 0.717) is 6.04 Å². The van der Waals surface area contributed by atoms with Crippen LogP contribution in [0, 0.1) is 22.7 Å². The minimum absolute atomic E-state index is 0.151. The Balaban J connectivity index is 2.04. The van der Waals surface area contributed by atoms with Gasteiger partial charge in [0.05, 0.1) is 5.69 Å². The molecule has 1 aromatic heterocycles. The maximum atomic E-state index is 9.28. The Morgan fingerprint density at radius 2 is 2.14 bits per heavy atom. The molecule has 1 heterocycles. The Labute approximate surface area is 131 Å². The Morgan fingerprint density at radius 1 is 1.33 bits per heavy atom. The van der Waals surface area contributed by atoms with Crippen LogP contribution in [0.1, 0.15) is 29.8 Å². The fourth-order valence-electron chi connectivity index (χ4n) is 2.17. The molecule has 1 fully saturated rings. The van der Waals surface area contributed by atoms with Gasteiger partial charge in [-0.2, -0.15) is 10.5 Å². The van der Waals surface area contributed by atoms with Crippen molar-refractivity contribution in [2.45, 2.75) is 25.4 Å². The van der Waals surface area contributed by atoms with Gasteiger partial charge in [-0.25, -0.2) is 4.98 Å². The molecule has 3 rings (SSSR count). The molecule has 104 valence electrons. The highest BCUT2D eigenvalue weighted by molar-refractivity contribution is 9.10. The zero-order valence-electron chi connectivity index (χ0n) is 11.2. The molecular weight excluding hydrogens is 330 g/mol. The highest BCUT2D eigenvalue weighted by Gasteiger charge is 2.21. The highest BCUT2D eigenvalue weighted by atomic mass is 79.9. The van der Waals surface area contributed by atoms with Crippen LogP contribution in [0.2, 0.25) is 0 Å². The number of rotatable bonds is 4. The highest BCUT2D eigenvalue weighted by Crippen LogP contribution is 2.25. The Bertz CT molecular complexity index is 761. The molecule has 1 N–H and O–H groups in total. The smallest absolute Gasteiger partial charge is 0.177 e. The summed E-state index contributed by atoms with van der Waals surface area (Å²) in [5.41, 5.74) is 2.36. The first-order valence-electron chi connectivity index (χ1n) is 6.62. The third kappa shape index (κ3) is 2.82. The van der Waals surface area contributed by atoms with Gasteiger partial charge in [-0.3, -0.25) is 4.57 Å². The van der Waals surface area contributed by atoms with Crippen LogP contribution in [0.15, 0.2) is 29.0 Å². The zero-order chi connectivity index (χ0) is 14.8. The van der Waals surface area contributed by atoms with E-state index in [1.807, 2.05) is 24.3 Å². The lowest BCUT2D eigenvalue weighted by molar-refractivity contribution is 0.684. The number of nitrogens with one attached hydrogen (secondary N) is 1. The number of hydrogen-bond donors (Lipinski definition) is 1. The minimum atomic E-state index is 0.151. The average molecular weight is 342 g/mol. The van der Waals surface area contributed by atoms with Gasteiger partial charge in [0.2, 0.25) is 0 Å². The van der Waals surface area contributed by atoms with Crippen molar-refractivity contribution in [1.82, 2.24) is 14.9 Å². The number of nitrogens with zero attached hydrogens (tertiary/aromatic N) is 4. The molecule has 0 unspecified atom stereocenters. The van der Waals surface area contributed by atoms with Crippen LogP contribution >= 0.6 is 15.9 Å². The first kappa shape index (κ1) is 13.8. The van der Waals surface area contributed by atoms with E-state index in [2.05, 4.69) is 32.3 Å². The molecule has 0 amide bonds. The third-order valence-electron chi connectivity index (χ3n) is 3.44. The van der Waals surface area contributed by atoms with Gasteiger partial charge >= 0.3 is 0 Å². The van der Waals surface area contributed by atoms with E-state index in [4.69, 9.17) is 5.26 Å². The van der Waals surface area contributed by atoms with Crippen molar-refractivity contribution in [2.24, 2.45) is 0 Å². The fourth-order valence-corrected chi connectivity index (χ4v) is 2.52. The Morgan fingerprint density at radius 3 is 2.81 bits per heavy atom. The van der Waals surface area contributed by atoms with E-state index in [1.165, 1.54) is 19.2 Å². The first-order valence-corrected chi connectivity index (χ1v) is 7.42. The molecule has 21 heavy (non-hydrogen) atoms. The number of halogens is 1. The lowest BCUT2D eigenvalue weighted by Gasteiger charge is -2.12. The summed E-state index contributed by atoms with van der Waals surface area (Å²) < 4.78 is 2.59. The third-order valence-corrected chi connectivity index (χ3v) is 3.94. The number of imidazole rings is 1. The minimum Gasteiger partial charge on any atom is -0.310 e. The average Bonchev–Trinajstić information content (AvgIpc) is 3.23. The van der Waals surface area contributed by atoms with E-state index in [1.54, 1.807) is 4.57 Å². The maximum absolute atomic E-state index is 9.28. The van der Waals surface area contributed by atoms with E-state index >= 15 is 0 Å². The molecule has 0 radical (unpaired) electrons. The second kappa shape index (κ2) is 5.69. The Kier molecular flexibility index (Phi) is 3.74. The van der Waals surface area contributed by atoms with Crippen LogP contribution in [0.25, 0.3) is 5.69 Å². The van der Waals surface area contributed by atoms with Crippen molar-refractivity contribution in [1.29, 1.82) is 10.5 Å². The predicted molar refractivity (Wildman–Crippen MR) is 80.6 cm³/mol. The van der Waals surface area contributed by atoms with Crippen LogP contribution in [-0.4, -0.2) is 15.6 Å². The monoisotopic (exact) mass is 341 g/mol. The van der Waals surface area contributed by atoms with Crippen LogP contribution in [0.5, 0.6) is 0 Å². The lowest BCUT2D eigenvalue weighted by atomic mass is 10.1. The standard InChI is InChI=1S/C15H12BrN5/c16-11-2-1-10(8-19-12-3-4-12)14(5-11)21-9-20-13(6-17)15(21)7-18/h1-2,5,9,12,19H,3-4,8H2. The summed E-state index contributed by atoms with van der Waals surface area (Å²) in [6.45, 7) is 0.734. The van der Waals surface area contributed by atoms with Gasteiger partial charge in [-0.15, -0.1) is 0 Å². The van der Waals surface area contributed by atoms with Gasteiger partial charge < -0.3 is 5.32 Å². The van der Waals surface area contributed by atoms with Crippen LogP contribution in [0.4, 0.5) is 0 Å². The number of nitriles is 2. The molecule has 1 aliphatic carbocycles. The molecule has 2 aromatic rings. The normalized spacial score (nSPS) is 13.7. The quantitative estimate of drug-likeness (QED) is 0.927. The van der Waals surface area contributed by atoms with Crippen molar-refractivity contribution >= 4 is 15.9 Å². The van der Waals surface area contributed by atoms with Gasteiger partial charge in [0.25, 0.3) is 0 Å². The molecule has 6 heteroatoms. The second-order valence-electron chi connectivity index (χ2n) is 4.96. The molecule has 0 aliphatic heterocycles. The van der Waals surface area contributed by atoms with Crippen LogP contribution in [-0.2, 0) is 6.54 Å². The van der Waals surface area contributed by atoms with Gasteiger partial charge in [0, 0.05) is 17.1 Å². The van der Waals surface area contributed by atoms with Crippen LogP contribution < -0.4 is 5.32 Å². The summed E-state index contributed by atoms with van der Waals surface area (Å²) in [6, 6.07) is 10.5. The van der Waals surface area contributed by atoms with E-state index in [9.17, 15) is 5.26 Å². The van der Waals surface area contributed by atoms with Crippen molar-refractivity contribution in [3.63, 3.8) is 0 Å². The molecule has 1 aromatic carbocycles. The van der Waals surface area contributed by atoms with Crippen molar-refractivity contribution in [3.8, 4) is 17.8 Å². The zero-order valence-corrected chi connectivity index (χ0v) is 12.8. The summed E-state index contributed by atoms with van der Waals surface area (Å²) in [7, 11) is 0. The summed E-state index contributed by atoms with van der Waals surface area (Å²) >= 11 is 3.45. The SMILES string of the molecule is N#Cc1ncn(-c2cc(Br)ccc2CNC2CC2)c1C#N. The molecule has 0 bridgehead atoms. The van der Waals surface area contributed by atoms with E-state index in [0.717, 1.165) is 22.3 Å². The van der Waals surface area contributed by atoms with Crippen molar-refractivity contribution in [3.05, 3.63) is 46.0 Å². The van der Waals surface area contributed by atoms with Gasteiger partial charge in [0.15, 0.2) is 11.4 Å². The van der Waals surface area contributed by atoms with Gasteiger partial charge in [0.1, 0.15) is 18.5 Å². The number of hydrogen-bond acceptors (Lipinski definition) is 4. The van der Waals surface area contributed by atoms with E-state index < -0.39 is 0 Å². The molecule has 0 saturated heterocycles. The molecule has 0 atom stereocenters. The predicted octanol–water partition coefficient (Wildman–Crippen LogP) is 2.63. The fraction of sp³-hybridized carbons (Fsp3) is 0.267. The summed E-state index contributed by atoms with van der Waals surface area (Å²) in [4.78, 5) is 4.00. The molecule has 0 spiro atoms. The molecule has 1 saturated carbocycles. The number of benzene rings is 1. The molecule has 1 aliphatic rings. The first-order chi connectivity index (χ1) is 10.2.